The summed E-state index contributed by atoms with van der Waals surface area (Å²) in [6, 6.07) is 0.806. The molecule has 2 fully saturated rings. The third-order valence-electron chi connectivity index (χ3n) is 2.56. The Kier molecular flexibility index (Phi) is 2.35. The van der Waals surface area contributed by atoms with Gasteiger partial charge in [-0.3, -0.25) is 0 Å². The van der Waals surface area contributed by atoms with E-state index < -0.39 is 0 Å². The first-order valence-electron chi connectivity index (χ1n) is 4.87. The van der Waals surface area contributed by atoms with Crippen molar-refractivity contribution in [1.29, 1.82) is 0 Å². The molecule has 0 aromatic heterocycles. The van der Waals surface area contributed by atoms with Crippen molar-refractivity contribution < 1.29 is 4.74 Å². The molecule has 1 heterocycles. The van der Waals surface area contributed by atoms with Gasteiger partial charge in [-0.1, -0.05) is 0 Å². The van der Waals surface area contributed by atoms with E-state index in [2.05, 4.69) is 17.6 Å². The average Bonchev–Trinajstić information content (AvgIpc) is 2.78. The van der Waals surface area contributed by atoms with Gasteiger partial charge in [-0.15, -0.1) is 0 Å². The second-order valence-corrected chi connectivity index (χ2v) is 4.13. The summed E-state index contributed by atoms with van der Waals surface area (Å²) in [5, 5.41) is 6.65. The van der Waals surface area contributed by atoms with E-state index in [9.17, 15) is 0 Å². The number of hydrogen-bond donors (Lipinski definition) is 2. The second-order valence-electron chi connectivity index (χ2n) is 4.13. The molecule has 0 aromatic rings. The quantitative estimate of drug-likeness (QED) is 0.575. The molecular formula is C9H18N2O. The van der Waals surface area contributed by atoms with E-state index in [1.807, 2.05) is 0 Å². The smallest absolute Gasteiger partial charge is 0.0902 e. The van der Waals surface area contributed by atoms with Crippen molar-refractivity contribution in [3.63, 3.8) is 0 Å². The zero-order valence-electron chi connectivity index (χ0n) is 7.73. The van der Waals surface area contributed by atoms with E-state index in [-0.39, 0.29) is 5.60 Å². The highest BCUT2D eigenvalue weighted by atomic mass is 16.5. The number of ether oxygens (including phenoxy) is 1. The van der Waals surface area contributed by atoms with Crippen molar-refractivity contribution in [2.24, 2.45) is 0 Å². The normalized spacial score (nSPS) is 26.8. The van der Waals surface area contributed by atoms with Crippen molar-refractivity contribution >= 4 is 0 Å². The van der Waals surface area contributed by atoms with Crippen LogP contribution in [-0.2, 0) is 4.74 Å². The molecule has 12 heavy (non-hydrogen) atoms. The Morgan fingerprint density at radius 1 is 1.50 bits per heavy atom. The third kappa shape index (κ3) is 2.19. The fourth-order valence-corrected chi connectivity index (χ4v) is 1.43. The Morgan fingerprint density at radius 3 is 2.75 bits per heavy atom. The predicted molar refractivity (Wildman–Crippen MR) is 48.3 cm³/mol. The molecule has 0 spiro atoms. The molecular weight excluding hydrogens is 152 g/mol. The lowest BCUT2D eigenvalue weighted by Crippen LogP contribution is -2.59. The lowest BCUT2D eigenvalue weighted by Gasteiger charge is -2.39. The van der Waals surface area contributed by atoms with Crippen LogP contribution in [0.3, 0.4) is 0 Å². The molecule has 1 saturated heterocycles. The maximum absolute atomic E-state index is 5.72. The lowest BCUT2D eigenvalue weighted by molar-refractivity contribution is -0.0648. The number of rotatable bonds is 5. The summed E-state index contributed by atoms with van der Waals surface area (Å²) in [6.45, 7) is 6.06. The molecule has 2 rings (SSSR count). The predicted octanol–water partition coefficient (Wildman–Crippen LogP) is 0.117. The van der Waals surface area contributed by atoms with E-state index in [4.69, 9.17) is 4.74 Å². The van der Waals surface area contributed by atoms with Crippen LogP contribution >= 0.6 is 0 Å². The highest BCUT2D eigenvalue weighted by Gasteiger charge is 2.32. The highest BCUT2D eigenvalue weighted by molar-refractivity contribution is 4.90. The minimum atomic E-state index is 0.130. The van der Waals surface area contributed by atoms with Crippen molar-refractivity contribution in [1.82, 2.24) is 10.6 Å². The second kappa shape index (κ2) is 3.32. The molecule has 0 radical (unpaired) electrons. The molecule has 2 aliphatic rings. The standard InChI is InChI=1S/C9H18N2O/c1-9(6-10-7-9)12-5-4-11-8-2-3-8/h8,10-11H,2-7H2,1H3. The van der Waals surface area contributed by atoms with Crippen LogP contribution in [0.2, 0.25) is 0 Å². The molecule has 1 aliphatic heterocycles. The van der Waals surface area contributed by atoms with Gasteiger partial charge in [0.1, 0.15) is 0 Å². The molecule has 3 nitrogen and oxygen atoms in total. The number of hydrogen-bond acceptors (Lipinski definition) is 3. The monoisotopic (exact) mass is 170 g/mol. The summed E-state index contributed by atoms with van der Waals surface area (Å²) in [4.78, 5) is 0. The molecule has 1 aliphatic carbocycles. The van der Waals surface area contributed by atoms with Gasteiger partial charge in [0.25, 0.3) is 0 Å². The zero-order valence-corrected chi connectivity index (χ0v) is 7.73. The summed E-state index contributed by atoms with van der Waals surface area (Å²) >= 11 is 0. The average molecular weight is 170 g/mol. The summed E-state index contributed by atoms with van der Waals surface area (Å²) in [7, 11) is 0. The van der Waals surface area contributed by atoms with Crippen molar-refractivity contribution in [2.75, 3.05) is 26.2 Å². The van der Waals surface area contributed by atoms with Gasteiger partial charge < -0.3 is 15.4 Å². The Hall–Kier alpha value is -0.120. The van der Waals surface area contributed by atoms with Gasteiger partial charge in [0.05, 0.1) is 12.2 Å². The molecule has 0 unspecified atom stereocenters. The van der Waals surface area contributed by atoms with Crippen LogP contribution in [0.4, 0.5) is 0 Å². The van der Waals surface area contributed by atoms with Crippen LogP contribution in [0.1, 0.15) is 19.8 Å². The zero-order chi connectivity index (χ0) is 8.44. The molecule has 0 atom stereocenters. The van der Waals surface area contributed by atoms with E-state index in [0.717, 1.165) is 32.3 Å². The Morgan fingerprint density at radius 2 is 2.25 bits per heavy atom. The van der Waals surface area contributed by atoms with Gasteiger partial charge in [-0.25, -0.2) is 0 Å². The van der Waals surface area contributed by atoms with E-state index >= 15 is 0 Å². The topological polar surface area (TPSA) is 33.3 Å². The van der Waals surface area contributed by atoms with Gasteiger partial charge in [0, 0.05) is 25.7 Å². The summed E-state index contributed by atoms with van der Waals surface area (Å²) < 4.78 is 5.72. The first kappa shape index (κ1) is 8.48. The lowest BCUT2D eigenvalue weighted by atomic mass is 10.0. The van der Waals surface area contributed by atoms with Crippen molar-refractivity contribution in [2.45, 2.75) is 31.4 Å². The Balaban J connectivity index is 1.49. The molecule has 70 valence electrons. The summed E-state index contributed by atoms with van der Waals surface area (Å²) in [6.07, 6.45) is 2.72. The molecule has 0 amide bonds. The van der Waals surface area contributed by atoms with Crippen LogP contribution in [0.25, 0.3) is 0 Å². The van der Waals surface area contributed by atoms with Gasteiger partial charge >= 0.3 is 0 Å². The Bertz CT molecular complexity index is 153. The van der Waals surface area contributed by atoms with Gasteiger partial charge in [-0.2, -0.15) is 0 Å². The van der Waals surface area contributed by atoms with E-state index in [0.29, 0.717) is 0 Å². The first-order chi connectivity index (χ1) is 5.79. The largest absolute Gasteiger partial charge is 0.371 e. The van der Waals surface area contributed by atoms with E-state index in [1.165, 1.54) is 12.8 Å². The molecule has 1 saturated carbocycles. The minimum absolute atomic E-state index is 0.130. The summed E-state index contributed by atoms with van der Waals surface area (Å²) in [5.74, 6) is 0. The van der Waals surface area contributed by atoms with Gasteiger partial charge in [-0.05, 0) is 19.8 Å². The Labute approximate surface area is 73.9 Å². The van der Waals surface area contributed by atoms with Crippen LogP contribution < -0.4 is 10.6 Å². The third-order valence-corrected chi connectivity index (χ3v) is 2.56. The molecule has 0 bridgehead atoms. The summed E-state index contributed by atoms with van der Waals surface area (Å²) in [5.41, 5.74) is 0.130. The highest BCUT2D eigenvalue weighted by Crippen LogP contribution is 2.18. The first-order valence-corrected chi connectivity index (χ1v) is 4.87. The molecule has 0 aromatic carbocycles. The minimum Gasteiger partial charge on any atom is -0.371 e. The fourth-order valence-electron chi connectivity index (χ4n) is 1.43. The SMILES string of the molecule is CC1(OCCNC2CC2)CNC1. The van der Waals surface area contributed by atoms with Crippen LogP contribution in [0, 0.1) is 0 Å². The fraction of sp³-hybridized carbons (Fsp3) is 1.00. The van der Waals surface area contributed by atoms with Crippen LogP contribution in [0.5, 0.6) is 0 Å². The van der Waals surface area contributed by atoms with Gasteiger partial charge in [0.15, 0.2) is 0 Å². The molecule has 3 heteroatoms. The van der Waals surface area contributed by atoms with E-state index in [1.54, 1.807) is 0 Å². The van der Waals surface area contributed by atoms with Crippen molar-refractivity contribution in [3.05, 3.63) is 0 Å². The number of nitrogens with one attached hydrogen (secondary N) is 2. The maximum Gasteiger partial charge on any atom is 0.0902 e. The molecule has 2 N–H and O–H groups in total. The van der Waals surface area contributed by atoms with Crippen LogP contribution in [-0.4, -0.2) is 37.9 Å². The van der Waals surface area contributed by atoms with Crippen molar-refractivity contribution in [3.8, 4) is 0 Å². The van der Waals surface area contributed by atoms with Gasteiger partial charge in [0.2, 0.25) is 0 Å². The maximum atomic E-state index is 5.72. The van der Waals surface area contributed by atoms with Crippen LogP contribution in [0.15, 0.2) is 0 Å².